The molecule has 0 bridgehead atoms. The largest absolute Gasteiger partial charge is 0.396 e. The third-order valence-electron chi connectivity index (χ3n) is 3.12. The molecule has 2 heterocycles. The van der Waals surface area contributed by atoms with Crippen LogP contribution in [0.15, 0.2) is 18.5 Å². The van der Waals surface area contributed by atoms with E-state index in [0.717, 1.165) is 30.5 Å². The maximum atomic E-state index is 11.5. The van der Waals surface area contributed by atoms with Crippen molar-refractivity contribution in [2.75, 3.05) is 5.73 Å². The minimum atomic E-state index is -0.499. The van der Waals surface area contributed by atoms with Crippen molar-refractivity contribution in [1.82, 2.24) is 14.8 Å². The first kappa shape index (κ1) is 10.8. The van der Waals surface area contributed by atoms with E-state index in [2.05, 4.69) is 10.1 Å². The molecule has 0 unspecified atom stereocenters. The van der Waals surface area contributed by atoms with Crippen LogP contribution in [-0.2, 0) is 12.8 Å². The van der Waals surface area contributed by atoms with Crippen molar-refractivity contribution in [1.29, 1.82) is 0 Å². The number of aromatic nitrogens is 3. The molecule has 1 amide bonds. The minimum Gasteiger partial charge on any atom is -0.396 e. The lowest BCUT2D eigenvalue weighted by molar-refractivity contribution is 0.0999. The SMILES string of the molecule is NC(=O)c1cc2c(nc1-n1cc(N)cn1)CCC2. The number of amides is 1. The molecular formula is C12H13N5O. The van der Waals surface area contributed by atoms with E-state index in [1.807, 2.05) is 6.07 Å². The molecule has 6 nitrogen and oxygen atoms in total. The minimum absolute atomic E-state index is 0.388. The van der Waals surface area contributed by atoms with E-state index < -0.39 is 5.91 Å². The summed E-state index contributed by atoms with van der Waals surface area (Å²) < 4.78 is 1.49. The van der Waals surface area contributed by atoms with Gasteiger partial charge in [-0.25, -0.2) is 9.67 Å². The number of anilines is 1. The first-order valence-corrected chi connectivity index (χ1v) is 5.78. The number of nitrogen functional groups attached to an aromatic ring is 1. The van der Waals surface area contributed by atoms with Crippen LogP contribution in [0.3, 0.4) is 0 Å². The average Bonchev–Trinajstić information content (AvgIpc) is 2.94. The van der Waals surface area contributed by atoms with Gasteiger partial charge in [-0.2, -0.15) is 5.10 Å². The predicted octanol–water partition coefficient (Wildman–Crippen LogP) is 0.437. The third kappa shape index (κ3) is 1.62. The highest BCUT2D eigenvalue weighted by Gasteiger charge is 2.20. The second-order valence-electron chi connectivity index (χ2n) is 4.40. The quantitative estimate of drug-likeness (QED) is 0.799. The molecule has 1 aliphatic carbocycles. The molecule has 0 aliphatic heterocycles. The second-order valence-corrected chi connectivity index (χ2v) is 4.40. The molecule has 2 aromatic heterocycles. The molecule has 0 fully saturated rings. The standard InChI is InChI=1S/C12H13N5O/c13-8-5-15-17(6-8)12-9(11(14)18)4-7-2-1-3-10(7)16-12/h4-6H,1-3,13H2,(H2,14,18). The zero-order valence-electron chi connectivity index (χ0n) is 9.76. The van der Waals surface area contributed by atoms with Gasteiger partial charge in [0, 0.05) is 5.69 Å². The van der Waals surface area contributed by atoms with Gasteiger partial charge >= 0.3 is 0 Å². The van der Waals surface area contributed by atoms with Crippen molar-refractivity contribution in [3.8, 4) is 5.82 Å². The Morgan fingerprint density at radius 3 is 2.89 bits per heavy atom. The number of hydrogen-bond donors (Lipinski definition) is 2. The molecule has 92 valence electrons. The van der Waals surface area contributed by atoms with Crippen LogP contribution in [0.2, 0.25) is 0 Å². The predicted molar refractivity (Wildman–Crippen MR) is 66.3 cm³/mol. The molecule has 1 aliphatic rings. The second kappa shape index (κ2) is 3.83. The van der Waals surface area contributed by atoms with Crippen molar-refractivity contribution >= 4 is 11.6 Å². The summed E-state index contributed by atoms with van der Waals surface area (Å²) in [6.07, 6.45) is 6.07. The Balaban J connectivity index is 2.21. The summed E-state index contributed by atoms with van der Waals surface area (Å²) in [5.41, 5.74) is 14.1. The lowest BCUT2D eigenvalue weighted by Crippen LogP contribution is -2.17. The summed E-state index contributed by atoms with van der Waals surface area (Å²) in [5, 5.41) is 4.08. The molecule has 18 heavy (non-hydrogen) atoms. The number of fused-ring (bicyclic) bond motifs is 1. The molecular weight excluding hydrogens is 230 g/mol. The number of primary amides is 1. The smallest absolute Gasteiger partial charge is 0.252 e. The Hall–Kier alpha value is -2.37. The molecule has 2 aromatic rings. The monoisotopic (exact) mass is 243 g/mol. The summed E-state index contributed by atoms with van der Waals surface area (Å²) in [7, 11) is 0. The highest BCUT2D eigenvalue weighted by molar-refractivity contribution is 5.96. The number of hydrogen-bond acceptors (Lipinski definition) is 4. The average molecular weight is 243 g/mol. The fourth-order valence-corrected chi connectivity index (χ4v) is 2.27. The van der Waals surface area contributed by atoms with Crippen LogP contribution < -0.4 is 11.5 Å². The van der Waals surface area contributed by atoms with Crippen LogP contribution in [0.5, 0.6) is 0 Å². The molecule has 0 saturated carbocycles. The number of pyridine rings is 1. The molecule has 0 radical (unpaired) electrons. The molecule has 0 aromatic carbocycles. The van der Waals surface area contributed by atoms with E-state index in [1.54, 1.807) is 6.20 Å². The highest BCUT2D eigenvalue weighted by atomic mass is 16.1. The molecule has 4 N–H and O–H groups in total. The molecule has 0 spiro atoms. The zero-order chi connectivity index (χ0) is 12.7. The van der Waals surface area contributed by atoms with Gasteiger partial charge < -0.3 is 11.5 Å². The van der Waals surface area contributed by atoms with Crippen LogP contribution >= 0.6 is 0 Å². The van der Waals surface area contributed by atoms with Gasteiger partial charge in [0.15, 0.2) is 5.82 Å². The van der Waals surface area contributed by atoms with Crippen LogP contribution in [0.1, 0.15) is 28.0 Å². The van der Waals surface area contributed by atoms with Crippen LogP contribution in [-0.4, -0.2) is 20.7 Å². The number of nitrogens with two attached hydrogens (primary N) is 2. The summed E-state index contributed by atoms with van der Waals surface area (Å²) in [6, 6.07) is 1.82. The third-order valence-corrected chi connectivity index (χ3v) is 3.12. The van der Waals surface area contributed by atoms with E-state index in [4.69, 9.17) is 11.5 Å². The lowest BCUT2D eigenvalue weighted by atomic mass is 10.1. The lowest BCUT2D eigenvalue weighted by Gasteiger charge is -2.08. The number of nitrogens with zero attached hydrogens (tertiary/aromatic N) is 3. The van der Waals surface area contributed by atoms with Crippen molar-refractivity contribution in [3.63, 3.8) is 0 Å². The van der Waals surface area contributed by atoms with Gasteiger partial charge in [0.25, 0.3) is 5.91 Å². The first-order chi connectivity index (χ1) is 8.65. The topological polar surface area (TPSA) is 99.8 Å². The molecule has 0 atom stereocenters. The fourth-order valence-electron chi connectivity index (χ4n) is 2.27. The van der Waals surface area contributed by atoms with E-state index in [9.17, 15) is 4.79 Å². The first-order valence-electron chi connectivity index (χ1n) is 5.78. The summed E-state index contributed by atoms with van der Waals surface area (Å²) in [4.78, 5) is 16.0. The normalized spacial score (nSPS) is 13.6. The van der Waals surface area contributed by atoms with Crippen molar-refractivity contribution < 1.29 is 4.79 Å². The Morgan fingerprint density at radius 1 is 1.39 bits per heavy atom. The van der Waals surface area contributed by atoms with Crippen LogP contribution in [0.4, 0.5) is 5.69 Å². The van der Waals surface area contributed by atoms with E-state index in [1.165, 1.54) is 10.9 Å². The van der Waals surface area contributed by atoms with E-state index >= 15 is 0 Å². The summed E-state index contributed by atoms with van der Waals surface area (Å²) in [6.45, 7) is 0. The zero-order valence-corrected chi connectivity index (χ0v) is 9.76. The number of carbonyl (C=O) groups excluding carboxylic acids is 1. The molecule has 0 saturated heterocycles. The Labute approximate surface area is 104 Å². The Morgan fingerprint density at radius 2 is 2.22 bits per heavy atom. The van der Waals surface area contributed by atoms with Crippen LogP contribution in [0, 0.1) is 0 Å². The summed E-state index contributed by atoms with van der Waals surface area (Å²) in [5.74, 6) is -0.0406. The fraction of sp³-hybridized carbons (Fsp3) is 0.250. The van der Waals surface area contributed by atoms with Gasteiger partial charge in [-0.1, -0.05) is 0 Å². The maximum Gasteiger partial charge on any atom is 0.252 e. The Bertz CT molecular complexity index is 631. The number of aryl methyl sites for hydroxylation is 2. The summed E-state index contributed by atoms with van der Waals surface area (Å²) >= 11 is 0. The highest BCUT2D eigenvalue weighted by Crippen LogP contribution is 2.24. The Kier molecular flexibility index (Phi) is 2.29. The maximum absolute atomic E-state index is 11.5. The van der Waals surface area contributed by atoms with Crippen LogP contribution in [0.25, 0.3) is 5.82 Å². The van der Waals surface area contributed by atoms with Gasteiger partial charge in [-0.3, -0.25) is 4.79 Å². The molecule has 3 rings (SSSR count). The molecule has 6 heteroatoms. The van der Waals surface area contributed by atoms with Crippen molar-refractivity contribution in [2.45, 2.75) is 19.3 Å². The van der Waals surface area contributed by atoms with Gasteiger partial charge in [-0.15, -0.1) is 0 Å². The van der Waals surface area contributed by atoms with Gasteiger partial charge in [0.1, 0.15) is 0 Å². The van der Waals surface area contributed by atoms with E-state index in [-0.39, 0.29) is 0 Å². The van der Waals surface area contributed by atoms with Gasteiger partial charge in [0.2, 0.25) is 0 Å². The van der Waals surface area contributed by atoms with E-state index in [0.29, 0.717) is 17.1 Å². The van der Waals surface area contributed by atoms with Crippen molar-refractivity contribution in [2.24, 2.45) is 5.73 Å². The van der Waals surface area contributed by atoms with Crippen molar-refractivity contribution in [3.05, 3.63) is 35.3 Å². The van der Waals surface area contributed by atoms with Gasteiger partial charge in [-0.05, 0) is 30.9 Å². The number of carbonyl (C=O) groups is 1. The van der Waals surface area contributed by atoms with Gasteiger partial charge in [0.05, 0.1) is 23.6 Å². The number of rotatable bonds is 2.